The van der Waals surface area contributed by atoms with Gasteiger partial charge in [0.05, 0.1) is 7.05 Å². The van der Waals surface area contributed by atoms with E-state index in [0.717, 1.165) is 37.2 Å². The number of nitrogens with one attached hydrogen (secondary N) is 1. The van der Waals surface area contributed by atoms with Gasteiger partial charge in [-0.1, -0.05) is 0 Å². The van der Waals surface area contributed by atoms with Crippen LogP contribution in [0.4, 0.5) is 0 Å². The lowest BCUT2D eigenvalue weighted by Crippen LogP contribution is -3.23. The van der Waals surface area contributed by atoms with Gasteiger partial charge in [0.1, 0.15) is 32.7 Å². The van der Waals surface area contributed by atoms with E-state index in [-0.39, 0.29) is 6.04 Å². The Kier molecular flexibility index (Phi) is 1.63. The van der Waals surface area contributed by atoms with Crippen molar-refractivity contribution < 1.29 is 19.3 Å². The Morgan fingerprint density at radius 3 is 2.42 bits per heavy atom. The highest BCUT2D eigenvalue weighted by atomic mass is 16.4. The van der Waals surface area contributed by atoms with Crippen LogP contribution in [0.25, 0.3) is 0 Å². The minimum atomic E-state index is -0.617. The maximum absolute atomic E-state index is 10.9. The molecule has 0 amide bonds. The molecule has 3 rings (SSSR count). The first-order valence-corrected chi connectivity index (χ1v) is 4.52. The smallest absolute Gasteiger partial charge is 0.368 e. The largest absolute Gasteiger partial charge is 0.477 e. The quantitative estimate of drug-likeness (QED) is 0.441. The number of likely N-dealkylation sites (N-methyl/N-ethyl adjacent to an activating group) is 1. The van der Waals surface area contributed by atoms with Crippen molar-refractivity contribution in [1.29, 1.82) is 0 Å². The summed E-state index contributed by atoms with van der Waals surface area (Å²) in [7, 11) is 2.17. The maximum Gasteiger partial charge on any atom is 0.368 e. The van der Waals surface area contributed by atoms with Gasteiger partial charge < -0.3 is 14.5 Å². The molecule has 0 saturated carbocycles. The summed E-state index contributed by atoms with van der Waals surface area (Å²) in [5.41, 5.74) is 0. The SMILES string of the molecule is C[N+]12CC[NH+](CC1)C(C(=O)O)C2. The number of quaternary nitrogens is 2. The molecule has 4 nitrogen and oxygen atoms in total. The van der Waals surface area contributed by atoms with Gasteiger partial charge in [-0.25, -0.2) is 4.79 Å². The van der Waals surface area contributed by atoms with Crippen molar-refractivity contribution in [3.63, 3.8) is 0 Å². The Bertz CT molecular complexity index is 209. The first-order chi connectivity index (χ1) is 5.61. The highest BCUT2D eigenvalue weighted by Gasteiger charge is 2.48. The molecule has 3 aliphatic heterocycles. The van der Waals surface area contributed by atoms with E-state index < -0.39 is 5.97 Å². The lowest BCUT2D eigenvalue weighted by Gasteiger charge is -2.48. The average molecular weight is 172 g/mol. The molecule has 3 heterocycles. The summed E-state index contributed by atoms with van der Waals surface area (Å²) >= 11 is 0. The molecule has 0 aliphatic carbocycles. The predicted octanol–water partition coefficient (Wildman–Crippen LogP) is -2.20. The maximum atomic E-state index is 10.9. The third-order valence-electron chi connectivity index (χ3n) is 3.36. The molecule has 0 spiro atoms. The number of rotatable bonds is 1. The fraction of sp³-hybridized carbons (Fsp3) is 0.875. The van der Waals surface area contributed by atoms with Crippen molar-refractivity contribution in [2.45, 2.75) is 6.04 Å². The molecule has 12 heavy (non-hydrogen) atoms. The van der Waals surface area contributed by atoms with Crippen molar-refractivity contribution in [3.8, 4) is 0 Å². The van der Waals surface area contributed by atoms with E-state index in [4.69, 9.17) is 5.11 Å². The van der Waals surface area contributed by atoms with E-state index in [0.29, 0.717) is 0 Å². The second kappa shape index (κ2) is 2.44. The second-order valence-corrected chi connectivity index (χ2v) is 4.30. The molecular weight excluding hydrogens is 156 g/mol. The summed E-state index contributed by atoms with van der Waals surface area (Å²) in [6, 6.07) is -0.141. The number of fused-ring (bicyclic) bond motifs is 3. The lowest BCUT2D eigenvalue weighted by molar-refractivity contribution is -1.07. The van der Waals surface area contributed by atoms with Gasteiger partial charge in [0.25, 0.3) is 0 Å². The summed E-state index contributed by atoms with van der Waals surface area (Å²) in [4.78, 5) is 12.1. The zero-order valence-electron chi connectivity index (χ0n) is 7.42. The molecule has 0 aromatic rings. The fourth-order valence-corrected chi connectivity index (χ4v) is 2.42. The van der Waals surface area contributed by atoms with Crippen molar-refractivity contribution in [2.24, 2.45) is 0 Å². The zero-order valence-corrected chi connectivity index (χ0v) is 7.42. The number of hydrogen-bond acceptors (Lipinski definition) is 1. The van der Waals surface area contributed by atoms with Gasteiger partial charge in [-0.05, 0) is 0 Å². The molecular formula is C8H16N2O2+2. The number of carbonyl (C=O) groups is 1. The van der Waals surface area contributed by atoms with Crippen LogP contribution in [0.2, 0.25) is 0 Å². The summed E-state index contributed by atoms with van der Waals surface area (Å²) < 4.78 is 0.973. The van der Waals surface area contributed by atoms with Gasteiger partial charge >= 0.3 is 5.97 Å². The van der Waals surface area contributed by atoms with Crippen LogP contribution in [0.15, 0.2) is 0 Å². The predicted molar refractivity (Wildman–Crippen MR) is 42.9 cm³/mol. The highest BCUT2D eigenvalue weighted by molar-refractivity contribution is 5.72. The third kappa shape index (κ3) is 1.11. The third-order valence-corrected chi connectivity index (χ3v) is 3.36. The summed E-state index contributed by atoms with van der Waals surface area (Å²) in [5.74, 6) is -0.617. The highest BCUT2D eigenvalue weighted by Crippen LogP contribution is 2.09. The van der Waals surface area contributed by atoms with Crippen molar-refractivity contribution in [2.75, 3.05) is 39.8 Å². The van der Waals surface area contributed by atoms with E-state index in [1.165, 1.54) is 4.90 Å². The summed E-state index contributed by atoms with van der Waals surface area (Å²) in [6.45, 7) is 5.20. The lowest BCUT2D eigenvalue weighted by atomic mass is 10.1. The Hall–Kier alpha value is -0.610. The van der Waals surface area contributed by atoms with Gasteiger partial charge in [0.2, 0.25) is 6.04 Å². The summed E-state index contributed by atoms with van der Waals surface area (Å²) in [6.07, 6.45) is 0. The molecule has 0 aromatic carbocycles. The number of aliphatic carboxylic acids is 1. The number of piperazine rings is 3. The van der Waals surface area contributed by atoms with E-state index in [1.807, 2.05) is 0 Å². The molecule has 68 valence electrons. The molecule has 2 N–H and O–H groups in total. The van der Waals surface area contributed by atoms with Gasteiger partial charge in [-0.15, -0.1) is 0 Å². The number of carboxylic acid groups (broad SMARTS) is 1. The first kappa shape index (κ1) is 8.01. The Balaban J connectivity index is 2.16. The molecule has 0 radical (unpaired) electrons. The van der Waals surface area contributed by atoms with Crippen LogP contribution in [-0.4, -0.2) is 61.4 Å². The van der Waals surface area contributed by atoms with Crippen molar-refractivity contribution >= 4 is 5.97 Å². The Morgan fingerprint density at radius 2 is 2.08 bits per heavy atom. The number of nitrogens with zero attached hydrogens (tertiary/aromatic N) is 1. The molecule has 1 unspecified atom stereocenters. The van der Waals surface area contributed by atoms with Gasteiger partial charge in [0.15, 0.2) is 0 Å². The molecule has 3 saturated heterocycles. The number of carboxylic acids is 1. The Labute approximate surface area is 72.0 Å². The van der Waals surface area contributed by atoms with Crippen LogP contribution in [0, 0.1) is 0 Å². The molecule has 3 aliphatic rings. The molecule has 2 bridgehead atoms. The normalized spacial score (nSPS) is 46.1. The van der Waals surface area contributed by atoms with Crippen LogP contribution in [0.1, 0.15) is 0 Å². The van der Waals surface area contributed by atoms with Gasteiger partial charge in [0, 0.05) is 0 Å². The van der Waals surface area contributed by atoms with E-state index in [9.17, 15) is 4.79 Å². The molecule has 4 heteroatoms. The van der Waals surface area contributed by atoms with E-state index in [1.54, 1.807) is 0 Å². The van der Waals surface area contributed by atoms with E-state index in [2.05, 4.69) is 7.05 Å². The fourth-order valence-electron chi connectivity index (χ4n) is 2.42. The van der Waals surface area contributed by atoms with E-state index >= 15 is 0 Å². The van der Waals surface area contributed by atoms with Crippen LogP contribution in [0.5, 0.6) is 0 Å². The average Bonchev–Trinajstić information content (AvgIpc) is 2.04. The Morgan fingerprint density at radius 1 is 1.50 bits per heavy atom. The van der Waals surface area contributed by atoms with Gasteiger partial charge in [-0.2, -0.15) is 0 Å². The molecule has 1 atom stereocenters. The van der Waals surface area contributed by atoms with Crippen LogP contribution in [-0.2, 0) is 4.79 Å². The second-order valence-electron chi connectivity index (χ2n) is 4.30. The minimum Gasteiger partial charge on any atom is -0.477 e. The van der Waals surface area contributed by atoms with Gasteiger partial charge in [-0.3, -0.25) is 0 Å². The van der Waals surface area contributed by atoms with Crippen LogP contribution < -0.4 is 4.90 Å². The molecule has 0 aromatic heterocycles. The monoisotopic (exact) mass is 172 g/mol. The van der Waals surface area contributed by atoms with Crippen molar-refractivity contribution in [3.05, 3.63) is 0 Å². The summed E-state index contributed by atoms with van der Waals surface area (Å²) in [5, 5.41) is 8.94. The topological polar surface area (TPSA) is 41.7 Å². The van der Waals surface area contributed by atoms with Crippen LogP contribution >= 0.6 is 0 Å². The zero-order chi connectivity index (χ0) is 8.77. The van der Waals surface area contributed by atoms with Crippen LogP contribution in [0.3, 0.4) is 0 Å². The first-order valence-electron chi connectivity index (χ1n) is 4.52. The minimum absolute atomic E-state index is 0.141. The number of hydrogen-bond donors (Lipinski definition) is 2. The van der Waals surface area contributed by atoms with Crippen molar-refractivity contribution in [1.82, 2.24) is 0 Å². The molecule has 3 fully saturated rings. The standard InChI is InChI=1S/C8H14N2O2/c1-10-4-2-9(3-5-10)7(6-10)8(11)12/h7H,2-6H2,1H3/p+2.